The van der Waals surface area contributed by atoms with Crippen molar-refractivity contribution in [1.82, 2.24) is 9.97 Å². The van der Waals surface area contributed by atoms with Crippen LogP contribution in [0.15, 0.2) is 29.1 Å². The first-order valence-electron chi connectivity index (χ1n) is 8.19. The van der Waals surface area contributed by atoms with Crippen LogP contribution in [0.4, 0.5) is 0 Å². The van der Waals surface area contributed by atoms with Crippen LogP contribution in [0, 0.1) is 10.7 Å². The van der Waals surface area contributed by atoms with Gasteiger partial charge in [-0.2, -0.15) is 0 Å². The number of benzene rings is 1. The van der Waals surface area contributed by atoms with E-state index in [4.69, 9.17) is 12.2 Å². The van der Waals surface area contributed by atoms with Gasteiger partial charge in [-0.25, -0.2) is 0 Å². The zero-order chi connectivity index (χ0) is 15.1. The summed E-state index contributed by atoms with van der Waals surface area (Å²) in [6.45, 7) is 0. The lowest BCUT2D eigenvalue weighted by molar-refractivity contribution is 0.300. The van der Waals surface area contributed by atoms with Crippen LogP contribution in [-0.4, -0.2) is 9.97 Å². The Balaban J connectivity index is 1.91. The zero-order valence-corrected chi connectivity index (χ0v) is 13.3. The molecule has 2 N–H and O–H groups in total. The molecule has 2 aliphatic rings. The summed E-state index contributed by atoms with van der Waals surface area (Å²) in [5.41, 5.74) is 4.36. The largest absolute Gasteiger partial charge is 0.331 e. The van der Waals surface area contributed by atoms with Crippen molar-refractivity contribution in [3.63, 3.8) is 0 Å². The van der Waals surface area contributed by atoms with Gasteiger partial charge in [0.25, 0.3) is 5.56 Å². The predicted octanol–water partition coefficient (Wildman–Crippen LogP) is 4.32. The first-order chi connectivity index (χ1) is 10.7. The van der Waals surface area contributed by atoms with Gasteiger partial charge >= 0.3 is 0 Å². The molecule has 1 atom stereocenters. The average Bonchev–Trinajstić information content (AvgIpc) is 2.54. The number of rotatable bonds is 1. The van der Waals surface area contributed by atoms with Crippen LogP contribution < -0.4 is 5.56 Å². The zero-order valence-electron chi connectivity index (χ0n) is 12.5. The van der Waals surface area contributed by atoms with Gasteiger partial charge in [0, 0.05) is 11.1 Å². The van der Waals surface area contributed by atoms with Crippen LogP contribution in [0.5, 0.6) is 0 Å². The Hall–Kier alpha value is -1.68. The van der Waals surface area contributed by atoms with Crippen molar-refractivity contribution < 1.29 is 0 Å². The van der Waals surface area contributed by atoms with Crippen LogP contribution in [0.3, 0.4) is 0 Å². The lowest BCUT2D eigenvalue weighted by Gasteiger charge is -2.34. The summed E-state index contributed by atoms with van der Waals surface area (Å²) in [6.07, 6.45) is 7.36. The minimum atomic E-state index is 0.00354. The average molecular weight is 312 g/mol. The topological polar surface area (TPSA) is 48.6 Å². The maximum Gasteiger partial charge on any atom is 0.255 e. The molecule has 1 fully saturated rings. The second-order valence-corrected chi connectivity index (χ2v) is 6.97. The highest BCUT2D eigenvalue weighted by Crippen LogP contribution is 2.44. The molecule has 4 heteroatoms. The molecule has 0 spiro atoms. The molecule has 114 valence electrons. The van der Waals surface area contributed by atoms with E-state index in [1.165, 1.54) is 37.7 Å². The highest BCUT2D eigenvalue weighted by Gasteiger charge is 2.33. The third kappa shape index (κ3) is 2.26. The van der Waals surface area contributed by atoms with Crippen LogP contribution >= 0.6 is 12.2 Å². The van der Waals surface area contributed by atoms with Crippen molar-refractivity contribution in [2.45, 2.75) is 44.4 Å². The van der Waals surface area contributed by atoms with Crippen molar-refractivity contribution in [2.24, 2.45) is 5.92 Å². The fourth-order valence-corrected chi connectivity index (χ4v) is 4.48. The van der Waals surface area contributed by atoms with Crippen LogP contribution in [0.2, 0.25) is 0 Å². The third-order valence-corrected chi connectivity index (χ3v) is 5.50. The molecule has 1 unspecified atom stereocenters. The Labute approximate surface area is 134 Å². The van der Waals surface area contributed by atoms with Crippen molar-refractivity contribution in [3.8, 4) is 11.3 Å². The smallest absolute Gasteiger partial charge is 0.255 e. The van der Waals surface area contributed by atoms with E-state index >= 15 is 0 Å². The van der Waals surface area contributed by atoms with E-state index in [9.17, 15) is 4.79 Å². The summed E-state index contributed by atoms with van der Waals surface area (Å²) >= 11 is 5.20. The van der Waals surface area contributed by atoms with Crippen LogP contribution in [0.25, 0.3) is 11.3 Å². The highest BCUT2D eigenvalue weighted by atomic mass is 32.1. The summed E-state index contributed by atoms with van der Waals surface area (Å²) in [6, 6.07) is 8.40. The van der Waals surface area contributed by atoms with Gasteiger partial charge < -0.3 is 4.98 Å². The second kappa shape index (κ2) is 5.51. The molecule has 1 heterocycles. The van der Waals surface area contributed by atoms with Crippen molar-refractivity contribution in [2.75, 3.05) is 0 Å². The minimum absolute atomic E-state index is 0.00354. The molecule has 1 aromatic heterocycles. The Bertz CT molecular complexity index is 814. The van der Waals surface area contributed by atoms with E-state index in [1.807, 2.05) is 6.07 Å². The summed E-state index contributed by atoms with van der Waals surface area (Å²) < 4.78 is 0.419. The van der Waals surface area contributed by atoms with Crippen LogP contribution in [-0.2, 0) is 6.42 Å². The molecule has 2 aromatic rings. The van der Waals surface area contributed by atoms with E-state index in [1.54, 1.807) is 0 Å². The molecule has 4 rings (SSSR count). The summed E-state index contributed by atoms with van der Waals surface area (Å²) in [5.74, 6) is 0.937. The van der Waals surface area contributed by atoms with Crippen molar-refractivity contribution in [3.05, 3.63) is 50.5 Å². The number of fused-ring (bicyclic) bond motifs is 3. The van der Waals surface area contributed by atoms with Gasteiger partial charge in [-0.15, -0.1) is 0 Å². The van der Waals surface area contributed by atoms with Gasteiger partial charge in [-0.05, 0) is 48.9 Å². The minimum Gasteiger partial charge on any atom is -0.331 e. The number of H-pyrrole nitrogens is 2. The number of nitrogens with one attached hydrogen (secondary N) is 2. The standard InChI is InChI=1S/C18H20N2OS/c21-17-15-14(11-6-2-1-3-7-11)10-12-8-4-5-9-13(12)16(15)19-18(22)20-17/h4-5,8-9,11,14H,1-3,6-7,10H2,(H2,19,20,21,22). The molecular formula is C18H20N2OS. The lowest BCUT2D eigenvalue weighted by atomic mass is 9.70. The van der Waals surface area contributed by atoms with Crippen LogP contribution in [0.1, 0.15) is 49.1 Å². The van der Waals surface area contributed by atoms with Gasteiger partial charge in [-0.1, -0.05) is 43.5 Å². The van der Waals surface area contributed by atoms with E-state index < -0.39 is 0 Å². The lowest BCUT2D eigenvalue weighted by Crippen LogP contribution is -2.29. The molecule has 1 saturated carbocycles. The van der Waals surface area contributed by atoms with Crippen molar-refractivity contribution in [1.29, 1.82) is 0 Å². The first kappa shape index (κ1) is 13.9. The number of hydrogen-bond donors (Lipinski definition) is 2. The Morgan fingerprint density at radius 2 is 1.82 bits per heavy atom. The molecule has 0 aliphatic heterocycles. The molecule has 0 amide bonds. The van der Waals surface area contributed by atoms with Crippen molar-refractivity contribution >= 4 is 12.2 Å². The number of aromatic nitrogens is 2. The Kier molecular flexibility index (Phi) is 3.49. The van der Waals surface area contributed by atoms with E-state index in [0.29, 0.717) is 16.6 Å². The van der Waals surface area contributed by atoms with E-state index in [2.05, 4.69) is 28.2 Å². The predicted molar refractivity (Wildman–Crippen MR) is 90.7 cm³/mol. The summed E-state index contributed by atoms with van der Waals surface area (Å²) in [5, 5.41) is 0. The molecule has 1 aromatic carbocycles. The molecule has 3 nitrogen and oxygen atoms in total. The molecule has 2 aliphatic carbocycles. The molecule has 0 radical (unpaired) electrons. The molecular weight excluding hydrogens is 292 g/mol. The summed E-state index contributed by atoms with van der Waals surface area (Å²) in [7, 11) is 0. The van der Waals surface area contributed by atoms with Gasteiger partial charge in [0.15, 0.2) is 4.77 Å². The molecule has 0 bridgehead atoms. The second-order valence-electron chi connectivity index (χ2n) is 6.56. The van der Waals surface area contributed by atoms with Gasteiger partial charge in [0.05, 0.1) is 5.69 Å². The maximum atomic E-state index is 12.6. The molecule has 22 heavy (non-hydrogen) atoms. The molecule has 0 saturated heterocycles. The number of hydrogen-bond acceptors (Lipinski definition) is 2. The SMILES string of the molecule is O=c1[nH]c(=S)[nH]c2c1C(C1CCCCC1)Cc1ccccc1-2. The van der Waals surface area contributed by atoms with Gasteiger partial charge in [-0.3, -0.25) is 9.78 Å². The normalized spacial score (nSPS) is 21.2. The fraction of sp³-hybridized carbons (Fsp3) is 0.444. The maximum absolute atomic E-state index is 12.6. The Morgan fingerprint density at radius 1 is 1.05 bits per heavy atom. The monoisotopic (exact) mass is 312 g/mol. The highest BCUT2D eigenvalue weighted by molar-refractivity contribution is 7.71. The van der Waals surface area contributed by atoms with Gasteiger partial charge in [0.2, 0.25) is 0 Å². The fourth-order valence-electron chi connectivity index (χ4n) is 4.28. The first-order valence-corrected chi connectivity index (χ1v) is 8.59. The van der Waals surface area contributed by atoms with E-state index in [0.717, 1.165) is 23.2 Å². The Morgan fingerprint density at radius 3 is 2.64 bits per heavy atom. The third-order valence-electron chi connectivity index (χ3n) is 5.30. The number of aromatic amines is 2. The van der Waals surface area contributed by atoms with Gasteiger partial charge in [0.1, 0.15) is 0 Å². The quantitative estimate of drug-likeness (QED) is 0.770. The summed E-state index contributed by atoms with van der Waals surface area (Å²) in [4.78, 5) is 18.7. The van der Waals surface area contributed by atoms with E-state index in [-0.39, 0.29) is 5.56 Å².